The van der Waals surface area contributed by atoms with E-state index in [2.05, 4.69) is 27.6 Å². The minimum Gasteiger partial charge on any atom is -0.361 e. The second-order valence-corrected chi connectivity index (χ2v) is 7.74. The fraction of sp³-hybridized carbons (Fsp3) is 0.444. The van der Waals surface area contributed by atoms with Crippen LogP contribution in [0, 0.1) is 12.8 Å². The molecule has 0 saturated carbocycles. The topological polar surface area (TPSA) is 88.3 Å². The highest BCUT2D eigenvalue weighted by atomic mass is 32.1. The predicted molar refractivity (Wildman–Crippen MR) is 96.9 cm³/mol. The molecule has 1 N–H and O–H groups in total. The molecule has 7 nitrogen and oxygen atoms in total. The highest BCUT2D eigenvalue weighted by molar-refractivity contribution is 7.15. The Hall–Kier alpha value is -2.48. The van der Waals surface area contributed by atoms with Crippen LogP contribution in [0.25, 0.3) is 0 Å². The summed E-state index contributed by atoms with van der Waals surface area (Å²) in [6, 6.07) is 1.59. The average Bonchev–Trinajstić information content (AvgIpc) is 3.26. The van der Waals surface area contributed by atoms with Crippen LogP contribution in [0.4, 0.5) is 5.13 Å². The lowest BCUT2D eigenvalue weighted by molar-refractivity contribution is -0.136. The number of thiazole rings is 1. The first kappa shape index (κ1) is 17.0. The van der Waals surface area contributed by atoms with Crippen molar-refractivity contribution in [1.82, 2.24) is 15.0 Å². The van der Waals surface area contributed by atoms with Gasteiger partial charge in [0.05, 0.1) is 12.2 Å². The molecule has 0 saturated heterocycles. The van der Waals surface area contributed by atoms with Gasteiger partial charge in [-0.3, -0.25) is 14.9 Å². The zero-order valence-corrected chi connectivity index (χ0v) is 15.3. The van der Waals surface area contributed by atoms with Crippen molar-refractivity contribution < 1.29 is 14.1 Å². The monoisotopic (exact) mass is 372 g/mol. The molecule has 0 aromatic carbocycles. The average molecular weight is 372 g/mol. The van der Waals surface area contributed by atoms with E-state index >= 15 is 0 Å². The molecule has 4 rings (SSSR count). The number of nitrogens with zero attached hydrogens (tertiary/aromatic N) is 3. The Bertz CT molecular complexity index is 870. The van der Waals surface area contributed by atoms with Gasteiger partial charge in [0.1, 0.15) is 5.76 Å². The molecule has 1 aliphatic heterocycles. The van der Waals surface area contributed by atoms with Crippen LogP contribution in [0.3, 0.4) is 0 Å². The van der Waals surface area contributed by atoms with Crippen molar-refractivity contribution in [2.75, 3.05) is 11.9 Å². The Kier molecular flexibility index (Phi) is 4.58. The first-order chi connectivity index (χ1) is 12.6. The SMILES string of the molecule is Cc1cc(C(=O)Nc2nc3c(s2)CN(C(=O)C2CC=CCC2)CC3)no1. The van der Waals surface area contributed by atoms with Crippen LogP contribution in [0.1, 0.15) is 46.1 Å². The molecule has 2 aliphatic rings. The maximum atomic E-state index is 12.7. The van der Waals surface area contributed by atoms with Gasteiger partial charge in [0.25, 0.3) is 5.91 Å². The summed E-state index contributed by atoms with van der Waals surface area (Å²) in [5, 5.41) is 7.02. The predicted octanol–water partition coefficient (Wildman–Crippen LogP) is 2.93. The lowest BCUT2D eigenvalue weighted by Crippen LogP contribution is -2.39. The fourth-order valence-electron chi connectivity index (χ4n) is 3.35. The zero-order chi connectivity index (χ0) is 18.1. The van der Waals surface area contributed by atoms with Crippen molar-refractivity contribution in [2.24, 2.45) is 5.92 Å². The quantitative estimate of drug-likeness (QED) is 0.837. The number of hydrogen-bond acceptors (Lipinski definition) is 6. The van der Waals surface area contributed by atoms with Crippen LogP contribution in [-0.4, -0.2) is 33.4 Å². The molecule has 8 heteroatoms. The number of hydrogen-bond donors (Lipinski definition) is 1. The third kappa shape index (κ3) is 3.41. The van der Waals surface area contributed by atoms with Crippen LogP contribution in [0.15, 0.2) is 22.7 Å². The number of fused-ring (bicyclic) bond motifs is 1. The molecule has 1 aliphatic carbocycles. The zero-order valence-electron chi connectivity index (χ0n) is 14.5. The highest BCUT2D eigenvalue weighted by Crippen LogP contribution is 2.30. The molecule has 2 aromatic rings. The molecule has 0 bridgehead atoms. The summed E-state index contributed by atoms with van der Waals surface area (Å²) in [4.78, 5) is 32.4. The van der Waals surface area contributed by atoms with Crippen LogP contribution in [-0.2, 0) is 17.8 Å². The second-order valence-electron chi connectivity index (χ2n) is 6.66. The summed E-state index contributed by atoms with van der Waals surface area (Å²) < 4.78 is 4.93. The number of carbonyl (C=O) groups is 2. The Balaban J connectivity index is 1.43. The Morgan fingerprint density at radius 2 is 2.27 bits per heavy atom. The van der Waals surface area contributed by atoms with E-state index in [1.165, 1.54) is 11.3 Å². The number of rotatable bonds is 3. The number of allylic oxidation sites excluding steroid dienone is 2. The molecule has 2 amide bonds. The maximum absolute atomic E-state index is 12.7. The van der Waals surface area contributed by atoms with E-state index in [1.807, 2.05) is 4.90 Å². The van der Waals surface area contributed by atoms with E-state index in [0.29, 0.717) is 24.0 Å². The van der Waals surface area contributed by atoms with Crippen molar-refractivity contribution in [3.8, 4) is 0 Å². The summed E-state index contributed by atoms with van der Waals surface area (Å²) >= 11 is 1.42. The normalized spacial score (nSPS) is 19.3. The largest absolute Gasteiger partial charge is 0.361 e. The number of anilines is 1. The van der Waals surface area contributed by atoms with Crippen LogP contribution in [0.2, 0.25) is 0 Å². The van der Waals surface area contributed by atoms with E-state index in [-0.39, 0.29) is 23.4 Å². The summed E-state index contributed by atoms with van der Waals surface area (Å²) in [6.45, 7) is 3.00. The molecule has 0 fully saturated rings. The van der Waals surface area contributed by atoms with E-state index in [9.17, 15) is 9.59 Å². The van der Waals surface area contributed by atoms with E-state index < -0.39 is 0 Å². The first-order valence-electron chi connectivity index (χ1n) is 8.77. The van der Waals surface area contributed by atoms with E-state index in [4.69, 9.17) is 4.52 Å². The number of carbonyl (C=O) groups excluding carboxylic acids is 2. The van der Waals surface area contributed by atoms with Crippen molar-refractivity contribution in [3.63, 3.8) is 0 Å². The van der Waals surface area contributed by atoms with E-state index in [0.717, 1.165) is 36.3 Å². The van der Waals surface area contributed by atoms with Crippen molar-refractivity contribution in [1.29, 1.82) is 0 Å². The molecule has 0 radical (unpaired) electrons. The van der Waals surface area contributed by atoms with Gasteiger partial charge in [0, 0.05) is 29.8 Å². The van der Waals surface area contributed by atoms with Gasteiger partial charge < -0.3 is 9.42 Å². The standard InChI is InChI=1S/C18H20N4O3S/c1-11-9-14(21-25-11)16(23)20-18-19-13-7-8-22(10-15(13)26-18)17(24)12-5-3-2-4-6-12/h2-3,9,12H,4-8,10H2,1H3,(H,19,20,23). The van der Waals surface area contributed by atoms with Crippen molar-refractivity contribution >= 4 is 28.3 Å². The van der Waals surface area contributed by atoms with Crippen molar-refractivity contribution in [3.05, 3.63) is 40.2 Å². The molecule has 136 valence electrons. The minimum atomic E-state index is -0.338. The molecule has 0 spiro atoms. The molecule has 2 aromatic heterocycles. The second kappa shape index (κ2) is 7.03. The Morgan fingerprint density at radius 3 is 3.00 bits per heavy atom. The van der Waals surface area contributed by atoms with Crippen LogP contribution < -0.4 is 5.32 Å². The van der Waals surface area contributed by atoms with Crippen LogP contribution >= 0.6 is 11.3 Å². The fourth-order valence-corrected chi connectivity index (χ4v) is 4.37. The summed E-state index contributed by atoms with van der Waals surface area (Å²) in [6.07, 6.45) is 7.72. The van der Waals surface area contributed by atoms with Crippen molar-refractivity contribution in [2.45, 2.75) is 39.2 Å². The first-order valence-corrected chi connectivity index (χ1v) is 9.59. The molecule has 1 unspecified atom stereocenters. The van der Waals surface area contributed by atoms with Crippen LogP contribution in [0.5, 0.6) is 0 Å². The maximum Gasteiger partial charge on any atom is 0.279 e. The number of amides is 2. The molecule has 26 heavy (non-hydrogen) atoms. The van der Waals surface area contributed by atoms with Gasteiger partial charge in [-0.15, -0.1) is 0 Å². The van der Waals surface area contributed by atoms with E-state index in [1.54, 1.807) is 13.0 Å². The van der Waals surface area contributed by atoms with Gasteiger partial charge in [-0.05, 0) is 26.2 Å². The third-order valence-electron chi connectivity index (χ3n) is 4.74. The Morgan fingerprint density at radius 1 is 1.38 bits per heavy atom. The van der Waals surface area contributed by atoms with Gasteiger partial charge in [0.15, 0.2) is 10.8 Å². The third-order valence-corrected chi connectivity index (χ3v) is 5.74. The number of nitrogens with one attached hydrogen (secondary N) is 1. The van der Waals surface area contributed by atoms with Gasteiger partial charge in [-0.25, -0.2) is 4.98 Å². The number of aromatic nitrogens is 2. The highest BCUT2D eigenvalue weighted by Gasteiger charge is 2.29. The van der Waals surface area contributed by atoms with Gasteiger partial charge in [-0.2, -0.15) is 0 Å². The minimum absolute atomic E-state index is 0.101. The molecule has 3 heterocycles. The summed E-state index contributed by atoms with van der Waals surface area (Å²) in [5.74, 6) is 0.580. The lowest BCUT2D eigenvalue weighted by Gasteiger charge is -2.30. The van der Waals surface area contributed by atoms with Gasteiger partial charge >= 0.3 is 0 Å². The Labute approximate surface area is 155 Å². The smallest absolute Gasteiger partial charge is 0.279 e. The summed E-state index contributed by atoms with van der Waals surface area (Å²) in [7, 11) is 0. The van der Waals surface area contributed by atoms with Gasteiger partial charge in [-0.1, -0.05) is 28.6 Å². The molecular weight excluding hydrogens is 352 g/mol. The number of aryl methyl sites for hydroxylation is 1. The molecule has 1 atom stereocenters. The van der Waals surface area contributed by atoms with Gasteiger partial charge in [0.2, 0.25) is 5.91 Å². The summed E-state index contributed by atoms with van der Waals surface area (Å²) in [5.41, 5.74) is 1.20. The lowest BCUT2D eigenvalue weighted by atomic mass is 9.92. The molecular formula is C18H20N4O3S.